The number of nitriles is 1. The Balaban J connectivity index is 2.60. The molecule has 0 atom stereocenters. The Morgan fingerprint density at radius 1 is 1.17 bits per heavy atom. The van der Waals surface area contributed by atoms with E-state index in [9.17, 15) is 14.9 Å². The fourth-order valence-electron chi connectivity index (χ4n) is 3.12. The molecule has 0 aliphatic rings. The number of methoxy groups -OCH3 is 2. The van der Waals surface area contributed by atoms with Crippen molar-refractivity contribution >= 4 is 17.5 Å². The molecule has 0 aliphatic heterocycles. The monoisotopic (exact) mass is 393 g/mol. The summed E-state index contributed by atoms with van der Waals surface area (Å²) in [6, 6.07) is 12.9. The molecule has 6 nitrogen and oxygen atoms in total. The molecule has 0 bridgehead atoms. The van der Waals surface area contributed by atoms with Crippen molar-refractivity contribution in [3.63, 3.8) is 0 Å². The number of benzene rings is 2. The van der Waals surface area contributed by atoms with Crippen LogP contribution in [0, 0.1) is 18.3 Å². The third-order valence-corrected chi connectivity index (χ3v) is 4.44. The average Bonchev–Trinajstić information content (AvgIpc) is 2.72. The van der Waals surface area contributed by atoms with E-state index in [0.717, 1.165) is 22.3 Å². The van der Waals surface area contributed by atoms with E-state index in [4.69, 9.17) is 14.6 Å². The van der Waals surface area contributed by atoms with Gasteiger partial charge in [0.15, 0.2) is 0 Å². The van der Waals surface area contributed by atoms with Crippen LogP contribution in [0.5, 0.6) is 5.75 Å². The lowest BCUT2D eigenvalue weighted by atomic mass is 9.92. The largest absolute Gasteiger partial charge is 0.496 e. The van der Waals surface area contributed by atoms with E-state index in [1.165, 1.54) is 14.2 Å². The van der Waals surface area contributed by atoms with Crippen LogP contribution in [0.4, 0.5) is 0 Å². The summed E-state index contributed by atoms with van der Waals surface area (Å²) in [6.07, 6.45) is 3.02. The Morgan fingerprint density at radius 2 is 1.93 bits per heavy atom. The fourth-order valence-corrected chi connectivity index (χ4v) is 3.12. The zero-order chi connectivity index (χ0) is 21.4. The molecule has 2 aromatic carbocycles. The van der Waals surface area contributed by atoms with Gasteiger partial charge in [-0.2, -0.15) is 5.26 Å². The van der Waals surface area contributed by atoms with Crippen LogP contribution in [-0.2, 0) is 9.53 Å². The van der Waals surface area contributed by atoms with E-state index in [1.54, 1.807) is 24.3 Å². The molecule has 2 rings (SSSR count). The van der Waals surface area contributed by atoms with Crippen molar-refractivity contribution in [2.75, 3.05) is 14.2 Å². The molecule has 0 saturated heterocycles. The van der Waals surface area contributed by atoms with Crippen molar-refractivity contribution in [2.24, 2.45) is 0 Å². The second kappa shape index (κ2) is 10.1. The van der Waals surface area contributed by atoms with Crippen LogP contribution < -0.4 is 4.74 Å². The Labute approximate surface area is 170 Å². The van der Waals surface area contributed by atoms with Crippen LogP contribution in [0.1, 0.15) is 51.9 Å². The molecular formula is C23H23NO5. The molecule has 0 spiro atoms. The summed E-state index contributed by atoms with van der Waals surface area (Å²) in [5.74, 6) is -0.917. The number of carboxylic acid groups (broad SMARTS) is 1. The third kappa shape index (κ3) is 5.45. The Morgan fingerprint density at radius 3 is 2.55 bits per heavy atom. The van der Waals surface area contributed by atoms with Gasteiger partial charge in [-0.3, -0.25) is 4.79 Å². The van der Waals surface area contributed by atoms with Crippen LogP contribution in [0.25, 0.3) is 5.57 Å². The number of hydrogen-bond donors (Lipinski definition) is 1. The molecule has 0 heterocycles. The summed E-state index contributed by atoms with van der Waals surface area (Å²) < 4.78 is 10.3. The van der Waals surface area contributed by atoms with Crippen LogP contribution in [0.3, 0.4) is 0 Å². The van der Waals surface area contributed by atoms with Gasteiger partial charge in [0.1, 0.15) is 11.3 Å². The predicted molar refractivity (Wildman–Crippen MR) is 109 cm³/mol. The van der Waals surface area contributed by atoms with Gasteiger partial charge in [-0.25, -0.2) is 4.79 Å². The smallest absolute Gasteiger partial charge is 0.341 e. The highest BCUT2D eigenvalue weighted by Crippen LogP contribution is 2.32. The molecule has 0 amide bonds. The van der Waals surface area contributed by atoms with Gasteiger partial charge in [0.05, 0.1) is 25.9 Å². The van der Waals surface area contributed by atoms with Gasteiger partial charge >= 0.3 is 11.9 Å². The van der Waals surface area contributed by atoms with Crippen LogP contribution in [0.15, 0.2) is 42.5 Å². The number of rotatable bonds is 8. The maximum atomic E-state index is 12.3. The number of carbonyl (C=O) groups excluding carboxylic acids is 1. The Hall–Kier alpha value is -3.59. The van der Waals surface area contributed by atoms with Crippen molar-refractivity contribution in [1.82, 2.24) is 0 Å². The minimum atomic E-state index is -0.848. The lowest BCUT2D eigenvalue weighted by molar-refractivity contribution is -0.137. The van der Waals surface area contributed by atoms with E-state index in [2.05, 4.69) is 6.07 Å². The van der Waals surface area contributed by atoms with Crippen molar-refractivity contribution in [1.29, 1.82) is 5.26 Å². The third-order valence-electron chi connectivity index (χ3n) is 4.44. The van der Waals surface area contributed by atoms with Crippen LogP contribution >= 0.6 is 0 Å². The molecule has 1 N–H and O–H groups in total. The summed E-state index contributed by atoms with van der Waals surface area (Å²) in [4.78, 5) is 23.1. The number of unbranched alkanes of at least 4 members (excludes halogenated alkanes) is 1. The molecule has 0 unspecified atom stereocenters. The number of hydrogen-bond acceptors (Lipinski definition) is 5. The van der Waals surface area contributed by atoms with Gasteiger partial charge < -0.3 is 14.6 Å². The number of esters is 1. The van der Waals surface area contributed by atoms with Gasteiger partial charge in [0.2, 0.25) is 0 Å². The van der Waals surface area contributed by atoms with Crippen LogP contribution in [-0.4, -0.2) is 31.3 Å². The lowest BCUT2D eigenvalue weighted by Crippen LogP contribution is -2.07. The summed E-state index contributed by atoms with van der Waals surface area (Å²) in [5, 5.41) is 18.1. The second-order valence-electron chi connectivity index (χ2n) is 6.46. The second-order valence-corrected chi connectivity index (χ2v) is 6.46. The Kier molecular flexibility index (Phi) is 7.55. The minimum Gasteiger partial charge on any atom is -0.496 e. The van der Waals surface area contributed by atoms with Crippen molar-refractivity contribution in [3.8, 4) is 11.8 Å². The average molecular weight is 393 g/mol. The Bertz CT molecular complexity index is 985. The summed E-state index contributed by atoms with van der Waals surface area (Å²) in [5.41, 5.74) is 3.95. The number of allylic oxidation sites excluding steroid dienone is 1. The van der Waals surface area contributed by atoms with Gasteiger partial charge in [-0.15, -0.1) is 0 Å². The number of aliphatic carboxylic acids is 1. The first-order valence-electron chi connectivity index (χ1n) is 9.11. The standard InChI is InChI=1S/C23H23NO5/c1-15-11-18(13-20(22(15)28-2)23(27)29-3)19(9-4-5-10-21(25)26)17-8-6-7-16(12-17)14-24/h6-9,11-13H,4-5,10H2,1-3H3,(H,25,26). The molecule has 6 heteroatoms. The molecule has 150 valence electrons. The van der Waals surface area contributed by atoms with Crippen molar-refractivity contribution in [3.05, 3.63) is 70.3 Å². The first-order valence-corrected chi connectivity index (χ1v) is 9.11. The number of carbonyl (C=O) groups is 2. The molecule has 29 heavy (non-hydrogen) atoms. The van der Waals surface area contributed by atoms with Gasteiger partial charge in [-0.05, 0) is 66.3 Å². The zero-order valence-electron chi connectivity index (χ0n) is 16.7. The number of ether oxygens (including phenoxy) is 2. The quantitative estimate of drug-likeness (QED) is 0.529. The molecule has 0 saturated carbocycles. The molecule has 0 radical (unpaired) electrons. The number of nitrogens with zero attached hydrogens (tertiary/aromatic N) is 1. The highest BCUT2D eigenvalue weighted by atomic mass is 16.5. The molecular weight excluding hydrogens is 370 g/mol. The molecule has 0 aliphatic carbocycles. The first kappa shape index (κ1) is 21.7. The van der Waals surface area contributed by atoms with Crippen LogP contribution in [0.2, 0.25) is 0 Å². The van der Waals surface area contributed by atoms with E-state index >= 15 is 0 Å². The van der Waals surface area contributed by atoms with E-state index in [1.807, 2.05) is 25.1 Å². The van der Waals surface area contributed by atoms with Gasteiger partial charge in [0, 0.05) is 6.42 Å². The maximum Gasteiger partial charge on any atom is 0.341 e. The predicted octanol–water partition coefficient (Wildman–Crippen LogP) is 4.35. The van der Waals surface area contributed by atoms with Crippen molar-refractivity contribution < 1.29 is 24.2 Å². The zero-order valence-corrected chi connectivity index (χ0v) is 16.7. The summed E-state index contributed by atoms with van der Waals surface area (Å²) >= 11 is 0. The topological polar surface area (TPSA) is 96.6 Å². The first-order chi connectivity index (χ1) is 13.9. The van der Waals surface area contributed by atoms with Crippen molar-refractivity contribution in [2.45, 2.75) is 26.2 Å². The van der Waals surface area contributed by atoms with E-state index in [0.29, 0.717) is 29.7 Å². The normalized spacial score (nSPS) is 10.9. The SMILES string of the molecule is COC(=O)c1cc(C(=CCCCC(=O)O)c2cccc(C#N)c2)cc(C)c1OC. The van der Waals surface area contributed by atoms with E-state index in [-0.39, 0.29) is 6.42 Å². The van der Waals surface area contributed by atoms with Gasteiger partial charge in [-0.1, -0.05) is 18.2 Å². The molecule has 0 fully saturated rings. The lowest BCUT2D eigenvalue weighted by Gasteiger charge is -2.15. The summed E-state index contributed by atoms with van der Waals surface area (Å²) in [6.45, 7) is 1.84. The maximum absolute atomic E-state index is 12.3. The number of aryl methyl sites for hydroxylation is 1. The number of carboxylic acids is 1. The van der Waals surface area contributed by atoms with E-state index < -0.39 is 11.9 Å². The highest BCUT2D eigenvalue weighted by molar-refractivity contribution is 5.95. The summed E-state index contributed by atoms with van der Waals surface area (Å²) in [7, 11) is 2.80. The highest BCUT2D eigenvalue weighted by Gasteiger charge is 2.18. The molecule has 0 aromatic heterocycles. The van der Waals surface area contributed by atoms with Gasteiger partial charge in [0.25, 0.3) is 0 Å². The minimum absolute atomic E-state index is 0.0665. The fraction of sp³-hybridized carbons (Fsp3) is 0.261. The molecule has 2 aromatic rings.